The van der Waals surface area contributed by atoms with Crippen LogP contribution in [0.3, 0.4) is 0 Å². The number of hydrogen-bond acceptors (Lipinski definition) is 1. The third-order valence-electron chi connectivity index (χ3n) is 4.47. The van der Waals surface area contributed by atoms with Gasteiger partial charge < -0.3 is 0 Å². The summed E-state index contributed by atoms with van der Waals surface area (Å²) in [6, 6.07) is 0. The van der Waals surface area contributed by atoms with Gasteiger partial charge in [-0.05, 0) is 24.2 Å². The molecule has 0 amide bonds. The van der Waals surface area contributed by atoms with E-state index < -0.39 is 0 Å². The van der Waals surface area contributed by atoms with Gasteiger partial charge in [0.1, 0.15) is 5.78 Å². The van der Waals surface area contributed by atoms with Crippen molar-refractivity contribution >= 4 is 5.78 Å². The first-order chi connectivity index (χ1) is 6.98. The first-order valence-corrected chi connectivity index (χ1v) is 6.52. The Bertz CT molecular complexity index is 217. The third kappa shape index (κ3) is 1.98. The molecule has 2 aliphatic rings. The molecule has 0 aromatic rings. The maximum atomic E-state index is 11.6. The lowest BCUT2D eigenvalue weighted by molar-refractivity contribution is -0.128. The SMILES string of the molecule is CC.CC.CC1(C)C(=O)CC2CCC21C. The maximum Gasteiger partial charge on any atom is 0.139 e. The van der Waals surface area contributed by atoms with E-state index in [2.05, 4.69) is 20.8 Å². The second-order valence-corrected chi connectivity index (χ2v) is 4.91. The number of rotatable bonds is 0. The summed E-state index contributed by atoms with van der Waals surface area (Å²) >= 11 is 0. The summed E-state index contributed by atoms with van der Waals surface area (Å²) in [4.78, 5) is 11.6. The topological polar surface area (TPSA) is 17.1 Å². The van der Waals surface area contributed by atoms with E-state index in [1.165, 1.54) is 12.8 Å². The summed E-state index contributed by atoms with van der Waals surface area (Å²) in [6.07, 6.45) is 3.39. The molecule has 0 bridgehead atoms. The number of Topliss-reactive ketones (excluding diaryl/α,β-unsaturated/α-hetero) is 1. The van der Waals surface area contributed by atoms with Crippen LogP contribution in [0.15, 0.2) is 0 Å². The van der Waals surface area contributed by atoms with Crippen molar-refractivity contribution in [3.05, 3.63) is 0 Å². The molecule has 0 aromatic carbocycles. The van der Waals surface area contributed by atoms with Gasteiger partial charge in [-0.3, -0.25) is 4.79 Å². The fourth-order valence-electron chi connectivity index (χ4n) is 2.73. The van der Waals surface area contributed by atoms with E-state index in [4.69, 9.17) is 0 Å². The molecule has 2 aliphatic carbocycles. The number of hydrogen-bond donors (Lipinski definition) is 0. The summed E-state index contributed by atoms with van der Waals surface area (Å²) in [5.41, 5.74) is 0.319. The monoisotopic (exact) mass is 212 g/mol. The summed E-state index contributed by atoms with van der Waals surface area (Å²) < 4.78 is 0. The number of ketones is 1. The second kappa shape index (κ2) is 5.14. The fraction of sp³-hybridized carbons (Fsp3) is 0.929. The molecule has 2 saturated carbocycles. The van der Waals surface area contributed by atoms with Crippen molar-refractivity contribution in [3.63, 3.8) is 0 Å². The average Bonchev–Trinajstić information content (AvgIpc) is 2.37. The van der Waals surface area contributed by atoms with Gasteiger partial charge in [-0.1, -0.05) is 48.5 Å². The highest BCUT2D eigenvalue weighted by Gasteiger charge is 2.61. The lowest BCUT2D eigenvalue weighted by atomic mass is 9.54. The van der Waals surface area contributed by atoms with Crippen molar-refractivity contribution in [2.24, 2.45) is 16.7 Å². The number of fused-ring (bicyclic) bond motifs is 1. The Hall–Kier alpha value is -0.330. The van der Waals surface area contributed by atoms with Crippen LogP contribution in [0.2, 0.25) is 0 Å². The Kier molecular flexibility index (Phi) is 5.02. The van der Waals surface area contributed by atoms with E-state index in [1.54, 1.807) is 0 Å². The second-order valence-electron chi connectivity index (χ2n) is 4.91. The predicted molar refractivity (Wildman–Crippen MR) is 66.9 cm³/mol. The lowest BCUT2D eigenvalue weighted by Gasteiger charge is -2.49. The molecule has 0 radical (unpaired) electrons. The Morgan fingerprint density at radius 3 is 1.67 bits per heavy atom. The molecule has 0 saturated heterocycles. The van der Waals surface area contributed by atoms with Crippen LogP contribution < -0.4 is 0 Å². The van der Waals surface area contributed by atoms with Crippen molar-refractivity contribution in [2.45, 2.75) is 67.7 Å². The van der Waals surface area contributed by atoms with E-state index in [0.29, 0.717) is 17.1 Å². The smallest absolute Gasteiger partial charge is 0.139 e. The molecular formula is C14H28O. The van der Waals surface area contributed by atoms with Crippen LogP contribution in [0.5, 0.6) is 0 Å². The molecule has 0 N–H and O–H groups in total. The predicted octanol–water partition coefficient (Wildman–Crippen LogP) is 4.45. The Morgan fingerprint density at radius 1 is 1.07 bits per heavy atom. The highest BCUT2D eigenvalue weighted by Crippen LogP contribution is 2.64. The zero-order chi connectivity index (χ0) is 12.3. The van der Waals surface area contributed by atoms with Crippen LogP contribution in [0.1, 0.15) is 67.7 Å². The van der Waals surface area contributed by atoms with Gasteiger partial charge in [0.25, 0.3) is 0 Å². The van der Waals surface area contributed by atoms with E-state index >= 15 is 0 Å². The zero-order valence-corrected chi connectivity index (χ0v) is 11.6. The van der Waals surface area contributed by atoms with Crippen molar-refractivity contribution < 1.29 is 4.79 Å². The molecule has 0 aliphatic heterocycles. The minimum atomic E-state index is -0.0318. The minimum Gasteiger partial charge on any atom is -0.299 e. The van der Waals surface area contributed by atoms with Crippen LogP contribution in [-0.2, 0) is 4.79 Å². The molecule has 0 aromatic heterocycles. The quantitative estimate of drug-likeness (QED) is 0.579. The Morgan fingerprint density at radius 2 is 1.53 bits per heavy atom. The molecule has 15 heavy (non-hydrogen) atoms. The highest BCUT2D eigenvalue weighted by atomic mass is 16.1. The molecule has 1 heteroatoms. The molecule has 2 unspecified atom stereocenters. The molecule has 0 heterocycles. The van der Waals surface area contributed by atoms with Gasteiger partial charge in [-0.2, -0.15) is 0 Å². The normalized spacial score (nSPS) is 35.1. The van der Waals surface area contributed by atoms with Crippen LogP contribution in [-0.4, -0.2) is 5.78 Å². The van der Waals surface area contributed by atoms with E-state index in [9.17, 15) is 4.79 Å². The molecule has 2 atom stereocenters. The van der Waals surface area contributed by atoms with E-state index in [-0.39, 0.29) is 5.41 Å². The summed E-state index contributed by atoms with van der Waals surface area (Å²) in [7, 11) is 0. The van der Waals surface area contributed by atoms with Gasteiger partial charge in [-0.25, -0.2) is 0 Å². The van der Waals surface area contributed by atoms with Crippen LogP contribution >= 0.6 is 0 Å². The number of carbonyl (C=O) groups is 1. The van der Waals surface area contributed by atoms with E-state index in [1.807, 2.05) is 27.7 Å². The Balaban J connectivity index is 0.000000442. The molecular weight excluding hydrogens is 184 g/mol. The van der Waals surface area contributed by atoms with E-state index in [0.717, 1.165) is 6.42 Å². The average molecular weight is 212 g/mol. The fourth-order valence-corrected chi connectivity index (χ4v) is 2.73. The van der Waals surface area contributed by atoms with Crippen molar-refractivity contribution in [2.75, 3.05) is 0 Å². The van der Waals surface area contributed by atoms with Gasteiger partial charge >= 0.3 is 0 Å². The van der Waals surface area contributed by atoms with Crippen molar-refractivity contribution in [3.8, 4) is 0 Å². The standard InChI is InChI=1S/C10H16O.2C2H6/c1-9(2)8(11)6-7-4-5-10(7,9)3;2*1-2/h7H,4-6H2,1-3H3;2*1-2H3. The van der Waals surface area contributed by atoms with Gasteiger partial charge in [0, 0.05) is 11.8 Å². The first-order valence-electron chi connectivity index (χ1n) is 6.52. The first kappa shape index (κ1) is 14.7. The molecule has 1 nitrogen and oxygen atoms in total. The molecule has 90 valence electrons. The largest absolute Gasteiger partial charge is 0.299 e. The lowest BCUT2D eigenvalue weighted by Crippen LogP contribution is -2.43. The zero-order valence-electron chi connectivity index (χ0n) is 11.6. The summed E-state index contributed by atoms with van der Waals surface area (Å²) in [5, 5.41) is 0. The van der Waals surface area contributed by atoms with Gasteiger partial charge in [0.15, 0.2) is 0 Å². The van der Waals surface area contributed by atoms with Gasteiger partial charge in [0.2, 0.25) is 0 Å². The van der Waals surface area contributed by atoms with Crippen LogP contribution in [0.25, 0.3) is 0 Å². The van der Waals surface area contributed by atoms with Crippen LogP contribution in [0.4, 0.5) is 0 Å². The molecule has 2 rings (SSSR count). The van der Waals surface area contributed by atoms with Crippen molar-refractivity contribution in [1.29, 1.82) is 0 Å². The van der Waals surface area contributed by atoms with Gasteiger partial charge in [-0.15, -0.1) is 0 Å². The maximum absolute atomic E-state index is 11.6. The molecule has 2 fully saturated rings. The summed E-state index contributed by atoms with van der Waals surface area (Å²) in [6.45, 7) is 14.5. The van der Waals surface area contributed by atoms with Crippen molar-refractivity contribution in [1.82, 2.24) is 0 Å². The Labute approximate surface area is 95.6 Å². The highest BCUT2D eigenvalue weighted by molar-refractivity contribution is 5.88. The number of carbonyl (C=O) groups excluding carboxylic acids is 1. The van der Waals surface area contributed by atoms with Crippen LogP contribution in [0, 0.1) is 16.7 Å². The molecule has 0 spiro atoms. The minimum absolute atomic E-state index is 0.0318. The van der Waals surface area contributed by atoms with Gasteiger partial charge in [0.05, 0.1) is 0 Å². The summed E-state index contributed by atoms with van der Waals surface area (Å²) in [5.74, 6) is 1.20. The third-order valence-corrected chi connectivity index (χ3v) is 4.47.